The number of benzene rings is 2. The molecule has 0 spiro atoms. The molecule has 0 bridgehead atoms. The van der Waals surface area contributed by atoms with E-state index in [0.717, 1.165) is 16.9 Å². The molecule has 4 rings (SSSR count). The number of methoxy groups -OCH3 is 1. The van der Waals surface area contributed by atoms with E-state index in [2.05, 4.69) is 10.6 Å². The van der Waals surface area contributed by atoms with Gasteiger partial charge in [0.15, 0.2) is 0 Å². The van der Waals surface area contributed by atoms with E-state index in [4.69, 9.17) is 4.74 Å². The van der Waals surface area contributed by atoms with E-state index in [1.807, 2.05) is 49.4 Å². The zero-order valence-electron chi connectivity index (χ0n) is 17.1. The lowest BCUT2D eigenvalue weighted by molar-refractivity contribution is -0.147. The van der Waals surface area contributed by atoms with Gasteiger partial charge in [-0.1, -0.05) is 29.8 Å². The Bertz CT molecular complexity index is 973. The van der Waals surface area contributed by atoms with Crippen LogP contribution < -0.4 is 15.4 Å². The van der Waals surface area contributed by atoms with Gasteiger partial charge < -0.3 is 20.3 Å². The van der Waals surface area contributed by atoms with Crippen molar-refractivity contribution in [2.45, 2.75) is 37.9 Å². The molecular formula is C23H25N3O4. The second-order valence-electron chi connectivity index (χ2n) is 7.90. The largest absolute Gasteiger partial charge is 0.497 e. The molecule has 7 nitrogen and oxygen atoms in total. The fourth-order valence-electron chi connectivity index (χ4n) is 4.15. The fraction of sp³-hybridized carbons (Fsp3) is 0.348. The van der Waals surface area contributed by atoms with Gasteiger partial charge in [-0.05, 0) is 43.2 Å². The predicted octanol–water partition coefficient (Wildman–Crippen LogP) is 1.44. The number of rotatable bonds is 5. The second-order valence-corrected chi connectivity index (χ2v) is 7.90. The molecule has 30 heavy (non-hydrogen) atoms. The minimum absolute atomic E-state index is 0.109. The number of carbonyl (C=O) groups excluding carboxylic acids is 3. The van der Waals surface area contributed by atoms with Gasteiger partial charge in [-0.25, -0.2) is 0 Å². The zero-order valence-corrected chi connectivity index (χ0v) is 17.1. The quantitative estimate of drug-likeness (QED) is 0.785. The molecule has 7 heteroatoms. The van der Waals surface area contributed by atoms with Gasteiger partial charge >= 0.3 is 0 Å². The summed E-state index contributed by atoms with van der Waals surface area (Å²) in [5.74, 6) is 0.277. The van der Waals surface area contributed by atoms with E-state index < -0.39 is 12.1 Å². The van der Waals surface area contributed by atoms with Crippen LogP contribution in [0.5, 0.6) is 5.75 Å². The summed E-state index contributed by atoms with van der Waals surface area (Å²) in [5.41, 5.74) is 2.52. The summed E-state index contributed by atoms with van der Waals surface area (Å²) >= 11 is 0. The molecule has 0 aliphatic carbocycles. The van der Waals surface area contributed by atoms with E-state index in [-0.39, 0.29) is 23.8 Å². The van der Waals surface area contributed by atoms with Crippen molar-refractivity contribution in [3.8, 4) is 5.75 Å². The number of hydrogen-bond acceptors (Lipinski definition) is 4. The Morgan fingerprint density at radius 3 is 2.67 bits per heavy atom. The third kappa shape index (κ3) is 4.01. The Hall–Kier alpha value is -3.35. The fourth-order valence-corrected chi connectivity index (χ4v) is 4.15. The van der Waals surface area contributed by atoms with Crippen LogP contribution in [0.25, 0.3) is 0 Å². The Morgan fingerprint density at radius 1 is 1.20 bits per heavy atom. The van der Waals surface area contributed by atoms with Crippen LogP contribution in [-0.2, 0) is 16.0 Å². The van der Waals surface area contributed by atoms with Gasteiger partial charge in [-0.15, -0.1) is 0 Å². The normalized spacial score (nSPS) is 23.0. The predicted molar refractivity (Wildman–Crippen MR) is 111 cm³/mol. The average molecular weight is 407 g/mol. The van der Waals surface area contributed by atoms with E-state index in [1.165, 1.54) is 0 Å². The molecule has 0 radical (unpaired) electrons. The van der Waals surface area contributed by atoms with Gasteiger partial charge in [0.25, 0.3) is 5.91 Å². The molecule has 2 N–H and O–H groups in total. The summed E-state index contributed by atoms with van der Waals surface area (Å²) < 4.78 is 5.16. The average Bonchev–Trinajstić information content (AvgIpc) is 3.17. The highest BCUT2D eigenvalue weighted by Crippen LogP contribution is 2.24. The first-order valence-corrected chi connectivity index (χ1v) is 10.1. The topological polar surface area (TPSA) is 87.7 Å². The number of nitrogens with zero attached hydrogens (tertiary/aromatic N) is 1. The molecule has 2 aliphatic rings. The second kappa shape index (κ2) is 8.18. The summed E-state index contributed by atoms with van der Waals surface area (Å²) in [6.45, 7) is 2.27. The molecule has 2 aromatic rings. The lowest BCUT2D eigenvalue weighted by atomic mass is 10.0. The SMILES string of the molecule is COc1ccc(C[C@@H]2NC(=O)[C@@H]3C[C@H](NC(=O)c4cccc(C)c4)CN3C2=O)cc1. The van der Waals surface area contributed by atoms with Gasteiger partial charge in [0.2, 0.25) is 11.8 Å². The molecule has 3 amide bonds. The first kappa shape index (κ1) is 19.9. The lowest BCUT2D eigenvalue weighted by Gasteiger charge is -2.34. The van der Waals surface area contributed by atoms with Crippen LogP contribution in [0.15, 0.2) is 48.5 Å². The molecule has 0 saturated carbocycles. The third-order valence-corrected chi connectivity index (χ3v) is 5.72. The van der Waals surface area contributed by atoms with Crippen molar-refractivity contribution in [1.29, 1.82) is 0 Å². The molecular weight excluding hydrogens is 382 g/mol. The maximum Gasteiger partial charge on any atom is 0.251 e. The maximum atomic E-state index is 13.0. The van der Waals surface area contributed by atoms with Crippen molar-refractivity contribution in [3.63, 3.8) is 0 Å². The highest BCUT2D eigenvalue weighted by molar-refractivity contribution is 5.98. The Kier molecular flexibility index (Phi) is 5.44. The van der Waals surface area contributed by atoms with Gasteiger partial charge in [0.1, 0.15) is 17.8 Å². The molecule has 2 fully saturated rings. The minimum Gasteiger partial charge on any atom is -0.497 e. The zero-order chi connectivity index (χ0) is 21.3. The highest BCUT2D eigenvalue weighted by Gasteiger charge is 2.46. The summed E-state index contributed by atoms with van der Waals surface area (Å²) in [7, 11) is 1.60. The number of carbonyl (C=O) groups is 3. The molecule has 2 saturated heterocycles. The molecule has 2 aliphatic heterocycles. The van der Waals surface area contributed by atoms with Crippen molar-refractivity contribution in [3.05, 3.63) is 65.2 Å². The molecule has 0 unspecified atom stereocenters. The van der Waals surface area contributed by atoms with Crippen molar-refractivity contribution in [2.75, 3.05) is 13.7 Å². The number of ether oxygens (including phenoxy) is 1. The van der Waals surface area contributed by atoms with Crippen LogP contribution in [0, 0.1) is 6.92 Å². The highest BCUT2D eigenvalue weighted by atomic mass is 16.5. The summed E-state index contributed by atoms with van der Waals surface area (Å²) in [6.07, 6.45) is 0.836. The van der Waals surface area contributed by atoms with Crippen molar-refractivity contribution in [1.82, 2.24) is 15.5 Å². The molecule has 0 aromatic heterocycles. The van der Waals surface area contributed by atoms with Crippen LogP contribution in [0.2, 0.25) is 0 Å². The first-order valence-electron chi connectivity index (χ1n) is 10.1. The van der Waals surface area contributed by atoms with E-state index in [9.17, 15) is 14.4 Å². The monoisotopic (exact) mass is 407 g/mol. The van der Waals surface area contributed by atoms with E-state index in [0.29, 0.717) is 24.9 Å². The Morgan fingerprint density at radius 2 is 1.97 bits per heavy atom. The van der Waals surface area contributed by atoms with Gasteiger partial charge in [-0.3, -0.25) is 14.4 Å². The summed E-state index contributed by atoms with van der Waals surface area (Å²) in [4.78, 5) is 39.8. The van der Waals surface area contributed by atoms with Crippen LogP contribution >= 0.6 is 0 Å². The van der Waals surface area contributed by atoms with Crippen LogP contribution in [0.1, 0.15) is 27.9 Å². The van der Waals surface area contributed by atoms with E-state index >= 15 is 0 Å². The first-order chi connectivity index (χ1) is 14.4. The number of nitrogens with one attached hydrogen (secondary N) is 2. The summed E-state index contributed by atoms with van der Waals surface area (Å²) in [5, 5.41) is 5.82. The van der Waals surface area contributed by atoms with Gasteiger partial charge in [-0.2, -0.15) is 0 Å². The molecule has 156 valence electrons. The van der Waals surface area contributed by atoms with Crippen molar-refractivity contribution >= 4 is 17.7 Å². The van der Waals surface area contributed by atoms with Crippen LogP contribution in [-0.4, -0.2) is 54.4 Å². The Balaban J connectivity index is 1.41. The standard InChI is InChI=1S/C23H25N3O4/c1-14-4-3-5-16(10-14)21(27)24-17-12-20-22(28)25-19(23(29)26(20)13-17)11-15-6-8-18(30-2)9-7-15/h3-10,17,19-20H,11-13H2,1-2H3,(H,24,27)(H,25,28)/t17-,19-,20-/m0/s1. The lowest BCUT2D eigenvalue weighted by Crippen LogP contribution is -2.61. The molecule has 3 atom stereocenters. The van der Waals surface area contributed by atoms with E-state index in [1.54, 1.807) is 18.1 Å². The number of hydrogen-bond donors (Lipinski definition) is 2. The number of piperazine rings is 1. The third-order valence-electron chi connectivity index (χ3n) is 5.72. The van der Waals surface area contributed by atoms with Gasteiger partial charge in [0, 0.05) is 24.6 Å². The molecule has 2 aromatic carbocycles. The van der Waals surface area contributed by atoms with Crippen molar-refractivity contribution in [2.24, 2.45) is 0 Å². The smallest absolute Gasteiger partial charge is 0.251 e. The molecule has 2 heterocycles. The van der Waals surface area contributed by atoms with Crippen LogP contribution in [0.3, 0.4) is 0 Å². The van der Waals surface area contributed by atoms with Crippen LogP contribution in [0.4, 0.5) is 0 Å². The van der Waals surface area contributed by atoms with Gasteiger partial charge in [0.05, 0.1) is 7.11 Å². The Labute approximate surface area is 175 Å². The minimum atomic E-state index is -0.603. The maximum absolute atomic E-state index is 13.0. The summed E-state index contributed by atoms with van der Waals surface area (Å²) in [6, 6.07) is 13.4. The number of fused-ring (bicyclic) bond motifs is 1. The number of amides is 3. The number of aryl methyl sites for hydroxylation is 1. The van der Waals surface area contributed by atoms with Crippen molar-refractivity contribution < 1.29 is 19.1 Å².